The van der Waals surface area contributed by atoms with Crippen LogP contribution in [-0.4, -0.2) is 6.54 Å². The Morgan fingerprint density at radius 3 is 2.27 bits per heavy atom. The molecule has 1 rings (SSSR count). The molecule has 122 valence electrons. The van der Waals surface area contributed by atoms with Crippen molar-refractivity contribution in [3.63, 3.8) is 0 Å². The Hall–Kier alpha value is -1.96. The molecular weight excluding hydrogens is 268 g/mol. The molecule has 1 aromatic carbocycles. The normalized spacial score (nSPS) is 10.1. The smallest absolute Gasteiger partial charge is 0.0380 e. The number of hydrogen-bond donors (Lipinski definition) is 2. The van der Waals surface area contributed by atoms with Gasteiger partial charge < -0.3 is 10.6 Å². The van der Waals surface area contributed by atoms with Crippen LogP contribution >= 0.6 is 0 Å². The molecule has 0 aliphatic carbocycles. The first-order chi connectivity index (χ1) is 10.5. The molecule has 2 nitrogen and oxygen atoms in total. The highest BCUT2D eigenvalue weighted by molar-refractivity contribution is 5.69. The van der Waals surface area contributed by atoms with E-state index in [1.807, 2.05) is 45.2 Å². The van der Waals surface area contributed by atoms with Crippen LogP contribution < -0.4 is 10.6 Å². The van der Waals surface area contributed by atoms with Gasteiger partial charge in [0.05, 0.1) is 0 Å². The molecule has 0 unspecified atom stereocenters. The molecule has 0 radical (unpaired) electrons. The largest absolute Gasteiger partial charge is 0.385 e. The molecular formula is C20H32N2. The Morgan fingerprint density at radius 2 is 1.73 bits per heavy atom. The minimum absolute atomic E-state index is 0.700. The average molecular weight is 300 g/mol. The summed E-state index contributed by atoms with van der Waals surface area (Å²) in [7, 11) is 0. The maximum absolute atomic E-state index is 4.11. The Labute approximate surface area is 137 Å². The summed E-state index contributed by atoms with van der Waals surface area (Å²) in [5.74, 6) is 0.700. The first kappa shape index (κ1) is 20.0. The van der Waals surface area contributed by atoms with E-state index in [0.29, 0.717) is 5.92 Å². The van der Waals surface area contributed by atoms with Crippen molar-refractivity contribution >= 4 is 11.4 Å². The summed E-state index contributed by atoms with van der Waals surface area (Å²) < 4.78 is 0. The molecule has 0 spiro atoms. The van der Waals surface area contributed by atoms with Crippen molar-refractivity contribution in [2.24, 2.45) is 5.92 Å². The van der Waals surface area contributed by atoms with Crippen LogP contribution in [0.15, 0.2) is 49.7 Å². The lowest BCUT2D eigenvalue weighted by Gasteiger charge is -2.13. The van der Waals surface area contributed by atoms with Crippen LogP contribution in [-0.2, 0) is 0 Å². The van der Waals surface area contributed by atoms with Crippen LogP contribution in [0.3, 0.4) is 0 Å². The quantitative estimate of drug-likeness (QED) is 0.670. The van der Waals surface area contributed by atoms with Gasteiger partial charge in [-0.15, -0.1) is 0 Å². The highest BCUT2D eigenvalue weighted by atomic mass is 14.9. The molecule has 0 heterocycles. The summed E-state index contributed by atoms with van der Waals surface area (Å²) in [5.41, 5.74) is 4.04. The Balaban J connectivity index is 0.00000211. The fourth-order valence-corrected chi connectivity index (χ4v) is 1.78. The van der Waals surface area contributed by atoms with Crippen molar-refractivity contribution in [2.75, 3.05) is 6.54 Å². The Kier molecular flexibility index (Phi) is 10.6. The topological polar surface area (TPSA) is 24.1 Å². The van der Waals surface area contributed by atoms with Gasteiger partial charge in [0.25, 0.3) is 0 Å². The van der Waals surface area contributed by atoms with E-state index >= 15 is 0 Å². The molecule has 2 N–H and O–H groups in total. The van der Waals surface area contributed by atoms with E-state index in [-0.39, 0.29) is 0 Å². The van der Waals surface area contributed by atoms with E-state index in [2.05, 4.69) is 49.8 Å². The second kappa shape index (κ2) is 11.7. The average Bonchev–Trinajstić information content (AvgIpc) is 2.54. The zero-order valence-corrected chi connectivity index (χ0v) is 14.9. The molecule has 0 atom stereocenters. The molecule has 0 aromatic heterocycles. The summed E-state index contributed by atoms with van der Waals surface area (Å²) in [6, 6.07) is 8.24. The first-order valence-corrected chi connectivity index (χ1v) is 8.14. The van der Waals surface area contributed by atoms with Crippen molar-refractivity contribution in [2.45, 2.75) is 41.0 Å². The SMILES string of the molecule is C=C(N/C=C/C)c1cccc(C(=C)NCCC(C)C)c1.CC. The van der Waals surface area contributed by atoms with Gasteiger partial charge >= 0.3 is 0 Å². The molecule has 0 saturated carbocycles. The summed E-state index contributed by atoms with van der Waals surface area (Å²) >= 11 is 0. The van der Waals surface area contributed by atoms with Crippen molar-refractivity contribution in [1.29, 1.82) is 0 Å². The lowest BCUT2D eigenvalue weighted by Crippen LogP contribution is -2.14. The van der Waals surface area contributed by atoms with Crippen molar-refractivity contribution in [1.82, 2.24) is 10.6 Å². The van der Waals surface area contributed by atoms with Gasteiger partial charge in [-0.2, -0.15) is 0 Å². The van der Waals surface area contributed by atoms with Gasteiger partial charge in [-0.3, -0.25) is 0 Å². The van der Waals surface area contributed by atoms with Gasteiger partial charge in [0.15, 0.2) is 0 Å². The lowest BCUT2D eigenvalue weighted by atomic mass is 10.1. The van der Waals surface area contributed by atoms with Crippen LogP contribution in [0.1, 0.15) is 52.2 Å². The number of rotatable bonds is 8. The van der Waals surface area contributed by atoms with E-state index in [1.165, 1.54) is 0 Å². The summed E-state index contributed by atoms with van der Waals surface area (Å²) in [6.45, 7) is 19.5. The monoisotopic (exact) mass is 300 g/mol. The molecule has 0 aliphatic heterocycles. The predicted octanol–water partition coefficient (Wildman–Crippen LogP) is 5.41. The summed E-state index contributed by atoms with van der Waals surface area (Å²) in [4.78, 5) is 0. The Bertz CT molecular complexity index is 484. The van der Waals surface area contributed by atoms with Crippen LogP contribution in [0.2, 0.25) is 0 Å². The van der Waals surface area contributed by atoms with E-state index in [4.69, 9.17) is 0 Å². The van der Waals surface area contributed by atoms with Gasteiger partial charge in [-0.1, -0.05) is 65.1 Å². The molecule has 22 heavy (non-hydrogen) atoms. The fraction of sp³-hybridized carbons (Fsp3) is 0.400. The molecule has 0 amide bonds. The van der Waals surface area contributed by atoms with E-state index in [1.54, 1.807) is 0 Å². The van der Waals surface area contributed by atoms with Gasteiger partial charge in [-0.05, 0) is 42.7 Å². The number of allylic oxidation sites excluding steroid dienone is 1. The predicted molar refractivity (Wildman–Crippen MR) is 101 cm³/mol. The van der Waals surface area contributed by atoms with Gasteiger partial charge in [0.1, 0.15) is 0 Å². The third-order valence-corrected chi connectivity index (χ3v) is 3.04. The second-order valence-electron chi connectivity index (χ2n) is 5.29. The van der Waals surface area contributed by atoms with Gasteiger partial charge in [0, 0.05) is 17.9 Å². The van der Waals surface area contributed by atoms with Crippen molar-refractivity contribution in [3.05, 3.63) is 60.8 Å². The van der Waals surface area contributed by atoms with Gasteiger partial charge in [-0.25, -0.2) is 0 Å². The van der Waals surface area contributed by atoms with E-state index in [0.717, 1.165) is 35.5 Å². The highest BCUT2D eigenvalue weighted by Gasteiger charge is 2.02. The van der Waals surface area contributed by atoms with Crippen LogP contribution in [0.4, 0.5) is 0 Å². The maximum Gasteiger partial charge on any atom is 0.0380 e. The van der Waals surface area contributed by atoms with Crippen LogP contribution in [0.5, 0.6) is 0 Å². The number of benzene rings is 1. The van der Waals surface area contributed by atoms with Crippen molar-refractivity contribution in [3.8, 4) is 0 Å². The van der Waals surface area contributed by atoms with Crippen LogP contribution in [0, 0.1) is 5.92 Å². The van der Waals surface area contributed by atoms with Crippen molar-refractivity contribution < 1.29 is 0 Å². The molecule has 0 aliphatic rings. The molecule has 2 heteroatoms. The zero-order valence-electron chi connectivity index (χ0n) is 14.9. The Morgan fingerprint density at radius 1 is 1.14 bits per heavy atom. The van der Waals surface area contributed by atoms with E-state index < -0.39 is 0 Å². The standard InChI is InChI=1S/C18H26N2.C2H6/c1-6-11-19-15(4)17-8-7-9-18(13-17)16(5)20-12-10-14(2)3;1-2/h6-9,11,13-14,19-20H,4-5,10,12H2,1-3H3;1-2H3/b11-6+;. The minimum atomic E-state index is 0.700. The third kappa shape index (κ3) is 7.72. The van der Waals surface area contributed by atoms with E-state index in [9.17, 15) is 0 Å². The minimum Gasteiger partial charge on any atom is -0.385 e. The third-order valence-electron chi connectivity index (χ3n) is 3.04. The fourth-order valence-electron chi connectivity index (χ4n) is 1.78. The number of hydrogen-bond acceptors (Lipinski definition) is 2. The zero-order chi connectivity index (χ0) is 17.0. The highest BCUT2D eigenvalue weighted by Crippen LogP contribution is 2.16. The number of nitrogens with one attached hydrogen (secondary N) is 2. The second-order valence-corrected chi connectivity index (χ2v) is 5.29. The molecule has 0 fully saturated rings. The van der Waals surface area contributed by atoms with Crippen LogP contribution in [0.25, 0.3) is 11.4 Å². The lowest BCUT2D eigenvalue weighted by molar-refractivity contribution is 0.574. The maximum atomic E-state index is 4.11. The molecule has 0 saturated heterocycles. The summed E-state index contributed by atoms with van der Waals surface area (Å²) in [6.07, 6.45) is 4.97. The van der Waals surface area contributed by atoms with Gasteiger partial charge in [0.2, 0.25) is 0 Å². The molecule has 0 bridgehead atoms. The summed E-state index contributed by atoms with van der Waals surface area (Å²) in [5, 5.41) is 6.53. The molecule has 1 aromatic rings. The first-order valence-electron chi connectivity index (χ1n) is 8.14.